The third-order valence-corrected chi connectivity index (χ3v) is 4.98. The fraction of sp³-hybridized carbons (Fsp3) is 0.316. The van der Waals surface area contributed by atoms with Gasteiger partial charge in [-0.05, 0) is 29.8 Å². The summed E-state index contributed by atoms with van der Waals surface area (Å²) < 4.78 is 10.6. The van der Waals surface area contributed by atoms with E-state index < -0.39 is 0 Å². The molecule has 0 aliphatic heterocycles. The molecule has 2 rings (SSSR count). The highest BCUT2D eigenvalue weighted by Gasteiger charge is 2.13. The fourth-order valence-corrected chi connectivity index (χ4v) is 3.32. The summed E-state index contributed by atoms with van der Waals surface area (Å²) in [5, 5.41) is 0.720. The predicted molar refractivity (Wildman–Crippen MR) is 104 cm³/mol. The van der Waals surface area contributed by atoms with Gasteiger partial charge in [0.2, 0.25) is 5.91 Å². The van der Waals surface area contributed by atoms with Crippen LogP contribution in [0.4, 0.5) is 0 Å². The standard InChI is InChI=1S/C19H22ClNO3S/c1-21(11-15-6-9-17(23-2)10-18(15)24-3)19(22)13-25-12-14-4-7-16(20)8-5-14/h4-10H,11-13H2,1-3H3. The fourth-order valence-electron chi connectivity index (χ4n) is 2.27. The minimum atomic E-state index is 0.0804. The Morgan fingerprint density at radius 1 is 1.12 bits per heavy atom. The SMILES string of the molecule is COc1ccc(CN(C)C(=O)CSCc2ccc(Cl)cc2)c(OC)c1. The summed E-state index contributed by atoms with van der Waals surface area (Å²) in [5.74, 6) is 2.73. The monoisotopic (exact) mass is 379 g/mol. The lowest BCUT2D eigenvalue weighted by atomic mass is 10.2. The van der Waals surface area contributed by atoms with Gasteiger partial charge in [-0.1, -0.05) is 23.7 Å². The first kappa shape index (κ1) is 19.5. The molecule has 0 atom stereocenters. The van der Waals surface area contributed by atoms with Crippen LogP contribution < -0.4 is 9.47 Å². The van der Waals surface area contributed by atoms with E-state index in [4.69, 9.17) is 21.1 Å². The zero-order valence-corrected chi connectivity index (χ0v) is 16.2. The van der Waals surface area contributed by atoms with Crippen molar-refractivity contribution in [1.29, 1.82) is 0 Å². The first-order chi connectivity index (χ1) is 12.0. The zero-order valence-electron chi connectivity index (χ0n) is 14.6. The lowest BCUT2D eigenvalue weighted by Crippen LogP contribution is -2.28. The first-order valence-corrected chi connectivity index (χ1v) is 9.33. The second kappa shape index (κ2) is 9.59. The van der Waals surface area contributed by atoms with Crippen LogP contribution in [0.3, 0.4) is 0 Å². The molecular weight excluding hydrogens is 358 g/mol. The van der Waals surface area contributed by atoms with E-state index in [0.717, 1.165) is 27.7 Å². The van der Waals surface area contributed by atoms with Gasteiger partial charge in [0.25, 0.3) is 0 Å². The molecule has 134 valence electrons. The van der Waals surface area contributed by atoms with Crippen molar-refractivity contribution in [2.45, 2.75) is 12.3 Å². The van der Waals surface area contributed by atoms with E-state index in [1.165, 1.54) is 0 Å². The van der Waals surface area contributed by atoms with E-state index in [1.807, 2.05) is 42.5 Å². The van der Waals surface area contributed by atoms with Gasteiger partial charge < -0.3 is 14.4 Å². The topological polar surface area (TPSA) is 38.8 Å². The van der Waals surface area contributed by atoms with Crippen molar-refractivity contribution in [3.63, 3.8) is 0 Å². The highest BCUT2D eigenvalue weighted by Crippen LogP contribution is 2.25. The van der Waals surface area contributed by atoms with Crippen molar-refractivity contribution in [2.24, 2.45) is 0 Å². The molecule has 0 saturated heterocycles. The highest BCUT2D eigenvalue weighted by atomic mass is 35.5. The number of halogens is 1. The summed E-state index contributed by atoms with van der Waals surface area (Å²) >= 11 is 7.46. The largest absolute Gasteiger partial charge is 0.497 e. The Kier molecular flexibility index (Phi) is 7.47. The zero-order chi connectivity index (χ0) is 18.2. The molecule has 0 bridgehead atoms. The molecule has 6 heteroatoms. The molecule has 2 aromatic carbocycles. The number of carbonyl (C=O) groups excluding carboxylic acids is 1. The number of benzene rings is 2. The first-order valence-electron chi connectivity index (χ1n) is 7.80. The van der Waals surface area contributed by atoms with Crippen molar-refractivity contribution >= 4 is 29.3 Å². The van der Waals surface area contributed by atoms with Gasteiger partial charge in [0.1, 0.15) is 11.5 Å². The minimum absolute atomic E-state index is 0.0804. The number of hydrogen-bond acceptors (Lipinski definition) is 4. The normalized spacial score (nSPS) is 10.4. The van der Waals surface area contributed by atoms with Crippen molar-refractivity contribution in [3.05, 3.63) is 58.6 Å². The van der Waals surface area contributed by atoms with Gasteiger partial charge in [-0.15, -0.1) is 11.8 Å². The number of amides is 1. The number of nitrogens with zero attached hydrogens (tertiary/aromatic N) is 1. The van der Waals surface area contributed by atoms with Crippen LogP contribution in [0.2, 0.25) is 5.02 Å². The van der Waals surface area contributed by atoms with Gasteiger partial charge in [0.05, 0.1) is 20.0 Å². The molecular formula is C19H22ClNO3S. The van der Waals surface area contributed by atoms with Gasteiger partial charge in [-0.25, -0.2) is 0 Å². The molecule has 0 aliphatic rings. The number of rotatable bonds is 8. The molecule has 0 unspecified atom stereocenters. The predicted octanol–water partition coefficient (Wildman–Crippen LogP) is 4.25. The van der Waals surface area contributed by atoms with E-state index in [9.17, 15) is 4.79 Å². The second-order valence-corrected chi connectivity index (χ2v) is 6.97. The van der Waals surface area contributed by atoms with E-state index in [0.29, 0.717) is 18.0 Å². The molecule has 4 nitrogen and oxygen atoms in total. The average Bonchev–Trinajstić information content (AvgIpc) is 2.63. The molecule has 25 heavy (non-hydrogen) atoms. The van der Waals surface area contributed by atoms with Crippen molar-refractivity contribution in [3.8, 4) is 11.5 Å². The summed E-state index contributed by atoms with van der Waals surface area (Å²) in [6, 6.07) is 13.3. The maximum absolute atomic E-state index is 12.3. The van der Waals surface area contributed by atoms with Gasteiger partial charge in [0.15, 0.2) is 0 Å². The number of hydrogen-bond donors (Lipinski definition) is 0. The molecule has 0 saturated carbocycles. The Labute approximate surface area is 158 Å². The van der Waals surface area contributed by atoms with Crippen LogP contribution >= 0.6 is 23.4 Å². The van der Waals surface area contributed by atoms with E-state index in [2.05, 4.69) is 0 Å². The Bertz CT molecular complexity index is 706. The molecule has 0 heterocycles. The Balaban J connectivity index is 1.86. The number of thioether (sulfide) groups is 1. The van der Waals surface area contributed by atoms with Crippen LogP contribution in [-0.2, 0) is 17.1 Å². The maximum Gasteiger partial charge on any atom is 0.232 e. The third-order valence-electron chi connectivity index (χ3n) is 3.74. The Morgan fingerprint density at radius 3 is 2.48 bits per heavy atom. The summed E-state index contributed by atoms with van der Waals surface area (Å²) in [7, 11) is 5.03. The molecule has 0 aromatic heterocycles. The lowest BCUT2D eigenvalue weighted by Gasteiger charge is -2.19. The summed E-state index contributed by atoms with van der Waals surface area (Å²) in [6.45, 7) is 0.494. The van der Waals surface area contributed by atoms with Gasteiger partial charge in [-0.3, -0.25) is 4.79 Å². The third kappa shape index (κ3) is 5.87. The summed E-state index contributed by atoms with van der Waals surface area (Å²) in [4.78, 5) is 14.0. The van der Waals surface area contributed by atoms with Gasteiger partial charge in [-0.2, -0.15) is 0 Å². The van der Waals surface area contributed by atoms with E-state index >= 15 is 0 Å². The molecule has 1 amide bonds. The molecule has 0 fully saturated rings. The number of methoxy groups -OCH3 is 2. The molecule has 0 aliphatic carbocycles. The van der Waals surface area contributed by atoms with Gasteiger partial charge in [0, 0.05) is 36.0 Å². The maximum atomic E-state index is 12.3. The molecule has 2 aromatic rings. The highest BCUT2D eigenvalue weighted by molar-refractivity contribution is 7.99. The van der Waals surface area contributed by atoms with Crippen LogP contribution in [0, 0.1) is 0 Å². The smallest absolute Gasteiger partial charge is 0.232 e. The lowest BCUT2D eigenvalue weighted by molar-refractivity contribution is -0.127. The molecule has 0 N–H and O–H groups in total. The van der Waals surface area contributed by atoms with Crippen molar-refractivity contribution in [1.82, 2.24) is 4.90 Å². The van der Waals surface area contributed by atoms with Crippen LogP contribution in [0.5, 0.6) is 11.5 Å². The second-order valence-electron chi connectivity index (χ2n) is 5.55. The average molecular weight is 380 g/mol. The van der Waals surface area contributed by atoms with Crippen molar-refractivity contribution < 1.29 is 14.3 Å². The summed E-state index contributed by atoms with van der Waals surface area (Å²) in [5.41, 5.74) is 2.10. The molecule has 0 radical (unpaired) electrons. The van der Waals surface area contributed by atoms with Crippen molar-refractivity contribution in [2.75, 3.05) is 27.0 Å². The Hall–Kier alpha value is -1.85. The molecule has 0 spiro atoms. The Morgan fingerprint density at radius 2 is 1.84 bits per heavy atom. The van der Waals surface area contributed by atoms with E-state index in [1.54, 1.807) is 37.9 Å². The summed E-state index contributed by atoms with van der Waals surface area (Å²) in [6.07, 6.45) is 0. The number of ether oxygens (including phenoxy) is 2. The van der Waals surface area contributed by atoms with Crippen LogP contribution in [-0.4, -0.2) is 37.8 Å². The minimum Gasteiger partial charge on any atom is -0.497 e. The van der Waals surface area contributed by atoms with Gasteiger partial charge >= 0.3 is 0 Å². The van der Waals surface area contributed by atoms with Crippen LogP contribution in [0.1, 0.15) is 11.1 Å². The quantitative estimate of drug-likeness (QED) is 0.687. The van der Waals surface area contributed by atoms with E-state index in [-0.39, 0.29) is 5.91 Å². The number of carbonyl (C=O) groups is 1. The van der Waals surface area contributed by atoms with Crippen LogP contribution in [0.25, 0.3) is 0 Å². The van der Waals surface area contributed by atoms with Crippen LogP contribution in [0.15, 0.2) is 42.5 Å².